The van der Waals surface area contributed by atoms with E-state index in [1.165, 1.54) is 42.7 Å². The highest BCUT2D eigenvalue weighted by Crippen LogP contribution is 2.60. The highest BCUT2D eigenvalue weighted by atomic mass is 32.1. The van der Waals surface area contributed by atoms with E-state index in [4.69, 9.17) is 0 Å². The van der Waals surface area contributed by atoms with Gasteiger partial charge in [0.05, 0.1) is 0 Å². The van der Waals surface area contributed by atoms with Crippen molar-refractivity contribution in [3.05, 3.63) is 66.0 Å². The number of aromatic nitrogens is 2. The molecule has 1 unspecified atom stereocenters. The highest BCUT2D eigenvalue weighted by Gasteiger charge is 2.55. The Hall–Kier alpha value is -3.13. The van der Waals surface area contributed by atoms with Gasteiger partial charge in [0.1, 0.15) is 16.9 Å². The lowest BCUT2D eigenvalue weighted by Gasteiger charge is -2.55. The smallest absolute Gasteiger partial charge is 0.249 e. The van der Waals surface area contributed by atoms with Gasteiger partial charge in [-0.3, -0.25) is 14.9 Å². The summed E-state index contributed by atoms with van der Waals surface area (Å²) in [5, 5.41) is 15.2. The number of carbonyl (C=O) groups is 2. The Labute approximate surface area is 213 Å². The van der Waals surface area contributed by atoms with E-state index >= 15 is 0 Å². The summed E-state index contributed by atoms with van der Waals surface area (Å²) >= 11 is 1.22. The third kappa shape index (κ3) is 4.66. The van der Waals surface area contributed by atoms with E-state index in [1.54, 1.807) is 12.1 Å². The Morgan fingerprint density at radius 3 is 2.22 bits per heavy atom. The summed E-state index contributed by atoms with van der Waals surface area (Å²) in [6.07, 6.45) is 7.01. The molecular weight excluding hydrogens is 475 g/mol. The summed E-state index contributed by atoms with van der Waals surface area (Å²) in [7, 11) is 0. The molecule has 186 valence electrons. The van der Waals surface area contributed by atoms with E-state index in [1.807, 2.05) is 30.3 Å². The van der Waals surface area contributed by atoms with Crippen molar-refractivity contribution >= 4 is 28.3 Å². The molecule has 0 radical (unpaired) electrons. The lowest BCUT2D eigenvalue weighted by Crippen LogP contribution is -2.57. The van der Waals surface area contributed by atoms with Crippen LogP contribution in [0.15, 0.2) is 54.6 Å². The van der Waals surface area contributed by atoms with Crippen LogP contribution < -0.4 is 10.6 Å². The lowest BCUT2D eigenvalue weighted by molar-refractivity contribution is -0.148. The average molecular weight is 505 g/mol. The zero-order chi connectivity index (χ0) is 24.7. The summed E-state index contributed by atoms with van der Waals surface area (Å²) in [5.41, 5.74) is 1.38. The predicted molar refractivity (Wildman–Crippen MR) is 137 cm³/mol. The van der Waals surface area contributed by atoms with Crippen LogP contribution in [0.2, 0.25) is 0 Å². The lowest BCUT2D eigenvalue weighted by atomic mass is 9.49. The molecule has 1 aromatic heterocycles. The molecule has 4 aliphatic rings. The maximum absolute atomic E-state index is 13.7. The zero-order valence-electron chi connectivity index (χ0n) is 20.0. The molecule has 36 heavy (non-hydrogen) atoms. The van der Waals surface area contributed by atoms with Crippen LogP contribution in [0, 0.1) is 29.0 Å². The van der Waals surface area contributed by atoms with E-state index in [2.05, 4.69) is 20.8 Å². The second-order valence-electron chi connectivity index (χ2n) is 10.8. The third-order valence-electron chi connectivity index (χ3n) is 8.17. The molecule has 4 aliphatic carbocycles. The van der Waals surface area contributed by atoms with Gasteiger partial charge in [-0.15, -0.1) is 10.2 Å². The number of anilines is 1. The number of nitrogens with one attached hydrogen (secondary N) is 2. The van der Waals surface area contributed by atoms with Crippen LogP contribution >= 0.6 is 11.3 Å². The molecule has 2 amide bonds. The molecule has 6 nitrogen and oxygen atoms in total. The maximum Gasteiger partial charge on any atom is 0.249 e. The highest BCUT2D eigenvalue weighted by molar-refractivity contribution is 7.18. The number of carbonyl (C=O) groups excluding carboxylic acids is 2. The van der Waals surface area contributed by atoms with Crippen LogP contribution in [0.5, 0.6) is 0 Å². The fourth-order valence-corrected chi connectivity index (χ4v) is 7.69. The Kier molecular flexibility index (Phi) is 6.07. The van der Waals surface area contributed by atoms with Crippen molar-refractivity contribution in [1.82, 2.24) is 15.5 Å². The van der Waals surface area contributed by atoms with Gasteiger partial charge in [-0.1, -0.05) is 41.7 Å². The first-order valence-corrected chi connectivity index (χ1v) is 13.5. The van der Waals surface area contributed by atoms with Gasteiger partial charge in [-0.2, -0.15) is 0 Å². The molecule has 1 atom stereocenters. The van der Waals surface area contributed by atoms with Gasteiger partial charge in [0.2, 0.25) is 16.9 Å². The quantitative estimate of drug-likeness (QED) is 0.462. The minimum atomic E-state index is -0.717. The largest absolute Gasteiger partial charge is 0.343 e. The summed E-state index contributed by atoms with van der Waals surface area (Å²) < 4.78 is 13.3. The molecule has 4 saturated carbocycles. The molecule has 4 fully saturated rings. The second kappa shape index (κ2) is 9.39. The van der Waals surface area contributed by atoms with E-state index < -0.39 is 6.04 Å². The van der Waals surface area contributed by atoms with E-state index in [0.29, 0.717) is 34.3 Å². The minimum absolute atomic E-state index is 0.0296. The standard InChI is InChI=1S/C28H29FN4O2S/c29-22-8-6-21(7-9-22)25-32-33-27(36-25)31-24(34)23(13-17-4-2-1-3-5-17)30-26(35)28-14-18-10-19(15-28)12-20(11-18)16-28/h1-9,18-20,23H,10-16H2,(H,30,35)(H,31,33,34). The molecule has 4 bridgehead atoms. The molecule has 2 aromatic carbocycles. The molecule has 8 heteroatoms. The number of amides is 2. The predicted octanol–water partition coefficient (Wildman–Crippen LogP) is 5.23. The van der Waals surface area contributed by atoms with Crippen molar-refractivity contribution in [3.8, 4) is 10.6 Å². The fraction of sp³-hybridized carbons (Fsp3) is 0.429. The van der Waals surface area contributed by atoms with E-state index in [-0.39, 0.29) is 23.0 Å². The van der Waals surface area contributed by atoms with Crippen LogP contribution in [0.4, 0.5) is 9.52 Å². The average Bonchev–Trinajstić information content (AvgIpc) is 3.32. The number of halogens is 1. The number of benzene rings is 2. The topological polar surface area (TPSA) is 84.0 Å². The maximum atomic E-state index is 13.7. The number of nitrogens with zero attached hydrogens (tertiary/aromatic N) is 2. The molecular formula is C28H29FN4O2S. The van der Waals surface area contributed by atoms with Crippen molar-refractivity contribution in [1.29, 1.82) is 0 Å². The Balaban J connectivity index is 1.20. The van der Waals surface area contributed by atoms with Gasteiger partial charge < -0.3 is 5.32 Å². The summed E-state index contributed by atoms with van der Waals surface area (Å²) in [6.45, 7) is 0. The van der Waals surface area contributed by atoms with Crippen LogP contribution in [0.1, 0.15) is 44.1 Å². The Morgan fingerprint density at radius 1 is 0.944 bits per heavy atom. The SMILES string of the molecule is O=C(Nc1nnc(-c2ccc(F)cc2)s1)C(Cc1ccccc1)NC(=O)C12CC3CC(CC(C3)C1)C2. The van der Waals surface area contributed by atoms with Crippen LogP contribution in [0.25, 0.3) is 10.6 Å². The summed E-state index contributed by atoms with van der Waals surface area (Å²) in [6, 6.07) is 15.0. The molecule has 3 aromatic rings. The van der Waals surface area contributed by atoms with Gasteiger partial charge >= 0.3 is 0 Å². The number of hydrogen-bond donors (Lipinski definition) is 2. The number of rotatable bonds is 7. The van der Waals surface area contributed by atoms with Gasteiger partial charge in [0.15, 0.2) is 0 Å². The van der Waals surface area contributed by atoms with Crippen molar-refractivity contribution in [2.24, 2.45) is 23.2 Å². The summed E-state index contributed by atoms with van der Waals surface area (Å²) in [5.74, 6) is 1.34. The van der Waals surface area contributed by atoms with Crippen LogP contribution in [-0.2, 0) is 16.0 Å². The van der Waals surface area contributed by atoms with Gasteiger partial charge in [0.25, 0.3) is 0 Å². The van der Waals surface area contributed by atoms with E-state index in [9.17, 15) is 14.0 Å². The molecule has 0 spiro atoms. The molecule has 0 aliphatic heterocycles. The van der Waals surface area contributed by atoms with Crippen molar-refractivity contribution in [2.75, 3.05) is 5.32 Å². The van der Waals surface area contributed by atoms with Gasteiger partial charge in [-0.25, -0.2) is 4.39 Å². The van der Waals surface area contributed by atoms with Crippen molar-refractivity contribution in [3.63, 3.8) is 0 Å². The van der Waals surface area contributed by atoms with Crippen molar-refractivity contribution < 1.29 is 14.0 Å². The van der Waals surface area contributed by atoms with Gasteiger partial charge in [-0.05, 0) is 86.1 Å². The van der Waals surface area contributed by atoms with Gasteiger partial charge in [0, 0.05) is 17.4 Å². The molecule has 2 N–H and O–H groups in total. The van der Waals surface area contributed by atoms with Crippen molar-refractivity contribution in [2.45, 2.75) is 51.0 Å². The Morgan fingerprint density at radius 2 is 1.58 bits per heavy atom. The third-order valence-corrected chi connectivity index (χ3v) is 9.06. The normalized spacial score (nSPS) is 27.0. The second-order valence-corrected chi connectivity index (χ2v) is 11.8. The van der Waals surface area contributed by atoms with Crippen LogP contribution in [0.3, 0.4) is 0 Å². The molecule has 0 saturated heterocycles. The molecule has 1 heterocycles. The first-order chi connectivity index (χ1) is 17.5. The Bertz CT molecular complexity index is 1220. The molecule has 7 rings (SSSR count). The van der Waals surface area contributed by atoms with Crippen LogP contribution in [-0.4, -0.2) is 28.1 Å². The fourth-order valence-electron chi connectivity index (χ4n) is 6.93. The first kappa shape index (κ1) is 23.3. The zero-order valence-corrected chi connectivity index (χ0v) is 20.8. The summed E-state index contributed by atoms with van der Waals surface area (Å²) in [4.78, 5) is 27.2. The minimum Gasteiger partial charge on any atom is -0.343 e. The van der Waals surface area contributed by atoms with E-state index in [0.717, 1.165) is 30.4 Å². The first-order valence-electron chi connectivity index (χ1n) is 12.7. The number of hydrogen-bond acceptors (Lipinski definition) is 5. The monoisotopic (exact) mass is 504 g/mol.